The summed E-state index contributed by atoms with van der Waals surface area (Å²) in [6.07, 6.45) is -5.31. The molecule has 0 fully saturated rings. The predicted octanol–water partition coefficient (Wildman–Crippen LogP) is 3.79. The van der Waals surface area contributed by atoms with Crippen LogP contribution in [0.5, 0.6) is 0 Å². The molecule has 0 saturated carbocycles. The average Bonchev–Trinajstić information content (AvgIpc) is 2.45. The number of aliphatic hydroxyl groups is 1. The number of halogens is 3. The molecule has 0 aromatic heterocycles. The van der Waals surface area contributed by atoms with Gasteiger partial charge in [0.1, 0.15) is 6.10 Å². The number of hydrogen-bond acceptors (Lipinski definition) is 1. The predicted molar refractivity (Wildman–Crippen MR) is 69.7 cm³/mol. The van der Waals surface area contributed by atoms with E-state index in [9.17, 15) is 18.3 Å². The van der Waals surface area contributed by atoms with Gasteiger partial charge < -0.3 is 5.11 Å². The number of alkyl halides is 3. The van der Waals surface area contributed by atoms with Crippen LogP contribution < -0.4 is 0 Å². The molecule has 0 bridgehead atoms. The maximum atomic E-state index is 12.4. The van der Waals surface area contributed by atoms with Gasteiger partial charge >= 0.3 is 6.18 Å². The Balaban J connectivity index is 2.13. The molecule has 0 aliphatic heterocycles. The summed E-state index contributed by atoms with van der Waals surface area (Å²) in [6.45, 7) is 0. The van der Waals surface area contributed by atoms with Crippen molar-refractivity contribution < 1.29 is 18.3 Å². The SMILES string of the molecule is OC(C#Cc1ccc(C(F)(F)F)cc1)c1ccccc1. The molecule has 1 N–H and O–H groups in total. The first kappa shape index (κ1) is 14.2. The summed E-state index contributed by atoms with van der Waals surface area (Å²) < 4.78 is 37.1. The lowest BCUT2D eigenvalue weighted by Crippen LogP contribution is -2.04. The Kier molecular flexibility index (Phi) is 4.11. The first-order chi connectivity index (χ1) is 9.47. The summed E-state index contributed by atoms with van der Waals surface area (Å²) >= 11 is 0. The van der Waals surface area contributed by atoms with Crippen molar-refractivity contribution in [3.63, 3.8) is 0 Å². The minimum absolute atomic E-state index is 0.424. The number of hydrogen-bond donors (Lipinski definition) is 1. The first-order valence-electron chi connectivity index (χ1n) is 5.88. The minimum atomic E-state index is -4.35. The lowest BCUT2D eigenvalue weighted by Gasteiger charge is -2.05. The third-order valence-electron chi connectivity index (χ3n) is 2.68. The van der Waals surface area contributed by atoms with E-state index in [0.717, 1.165) is 12.1 Å². The Hall–Kier alpha value is -2.25. The van der Waals surface area contributed by atoms with Crippen LogP contribution in [0, 0.1) is 11.8 Å². The van der Waals surface area contributed by atoms with Crippen molar-refractivity contribution in [2.75, 3.05) is 0 Å². The molecule has 2 rings (SSSR count). The highest BCUT2D eigenvalue weighted by atomic mass is 19.4. The fourth-order valence-corrected chi connectivity index (χ4v) is 1.61. The molecule has 0 aliphatic rings. The van der Waals surface area contributed by atoms with Gasteiger partial charge in [-0.3, -0.25) is 0 Å². The van der Waals surface area contributed by atoms with Gasteiger partial charge in [0.25, 0.3) is 0 Å². The van der Waals surface area contributed by atoms with Crippen LogP contribution in [0.3, 0.4) is 0 Å². The molecule has 102 valence electrons. The number of aliphatic hydroxyl groups excluding tert-OH is 1. The molecule has 4 heteroatoms. The summed E-state index contributed by atoms with van der Waals surface area (Å²) in [4.78, 5) is 0. The van der Waals surface area contributed by atoms with E-state index in [0.29, 0.717) is 11.1 Å². The molecule has 2 aromatic rings. The molecule has 20 heavy (non-hydrogen) atoms. The quantitative estimate of drug-likeness (QED) is 0.786. The monoisotopic (exact) mass is 276 g/mol. The minimum Gasteiger partial charge on any atom is -0.376 e. The second-order valence-electron chi connectivity index (χ2n) is 4.16. The van der Waals surface area contributed by atoms with E-state index in [1.807, 2.05) is 6.07 Å². The molecule has 0 saturated heterocycles. The summed E-state index contributed by atoms with van der Waals surface area (Å²) in [7, 11) is 0. The lowest BCUT2D eigenvalue weighted by molar-refractivity contribution is -0.137. The summed E-state index contributed by atoms with van der Waals surface area (Å²) in [5.74, 6) is 5.25. The Morgan fingerprint density at radius 2 is 1.50 bits per heavy atom. The molecule has 1 atom stereocenters. The third-order valence-corrected chi connectivity index (χ3v) is 2.68. The van der Waals surface area contributed by atoms with Crippen molar-refractivity contribution >= 4 is 0 Å². The summed E-state index contributed by atoms with van der Waals surface area (Å²) in [5.41, 5.74) is 0.353. The van der Waals surface area contributed by atoms with Gasteiger partial charge in [-0.05, 0) is 29.8 Å². The first-order valence-corrected chi connectivity index (χ1v) is 5.88. The van der Waals surface area contributed by atoms with Crippen LogP contribution in [0.25, 0.3) is 0 Å². The molecule has 1 unspecified atom stereocenters. The van der Waals surface area contributed by atoms with Crippen LogP contribution in [-0.4, -0.2) is 5.11 Å². The third kappa shape index (κ3) is 3.62. The molecule has 2 aromatic carbocycles. The van der Waals surface area contributed by atoms with Crippen molar-refractivity contribution in [1.29, 1.82) is 0 Å². The summed E-state index contributed by atoms with van der Waals surface area (Å²) in [6, 6.07) is 13.3. The maximum absolute atomic E-state index is 12.4. The Morgan fingerprint density at radius 1 is 0.900 bits per heavy atom. The van der Waals surface area contributed by atoms with Crippen LogP contribution in [0.4, 0.5) is 13.2 Å². The van der Waals surface area contributed by atoms with E-state index in [-0.39, 0.29) is 0 Å². The molecule has 0 radical (unpaired) electrons. The Labute approximate surface area is 114 Å². The van der Waals surface area contributed by atoms with Gasteiger partial charge in [0.2, 0.25) is 0 Å². The van der Waals surface area contributed by atoms with E-state index in [4.69, 9.17) is 0 Å². The van der Waals surface area contributed by atoms with Crippen LogP contribution in [0.2, 0.25) is 0 Å². The zero-order chi connectivity index (χ0) is 14.6. The van der Waals surface area contributed by atoms with Gasteiger partial charge in [0, 0.05) is 5.56 Å². The van der Waals surface area contributed by atoms with Crippen molar-refractivity contribution in [1.82, 2.24) is 0 Å². The van der Waals surface area contributed by atoms with Crippen molar-refractivity contribution in [3.05, 3.63) is 71.3 Å². The highest BCUT2D eigenvalue weighted by Crippen LogP contribution is 2.28. The highest BCUT2D eigenvalue weighted by Gasteiger charge is 2.29. The Morgan fingerprint density at radius 3 is 2.05 bits per heavy atom. The van der Waals surface area contributed by atoms with Gasteiger partial charge in [-0.1, -0.05) is 42.2 Å². The van der Waals surface area contributed by atoms with Gasteiger partial charge in [0.15, 0.2) is 0 Å². The highest BCUT2D eigenvalue weighted by molar-refractivity contribution is 5.38. The second-order valence-corrected chi connectivity index (χ2v) is 4.16. The van der Waals surface area contributed by atoms with E-state index in [2.05, 4.69) is 11.8 Å². The molecule has 0 heterocycles. The normalized spacial score (nSPS) is 12.4. The van der Waals surface area contributed by atoms with E-state index in [1.54, 1.807) is 24.3 Å². The van der Waals surface area contributed by atoms with Crippen LogP contribution in [0.15, 0.2) is 54.6 Å². The number of benzene rings is 2. The fourth-order valence-electron chi connectivity index (χ4n) is 1.61. The van der Waals surface area contributed by atoms with E-state index in [1.165, 1.54) is 12.1 Å². The van der Waals surface area contributed by atoms with Gasteiger partial charge in [0.05, 0.1) is 5.56 Å². The molecule has 1 nitrogen and oxygen atoms in total. The second kappa shape index (κ2) is 5.81. The average molecular weight is 276 g/mol. The van der Waals surface area contributed by atoms with Gasteiger partial charge in [-0.2, -0.15) is 13.2 Å². The molecular formula is C16H11F3O. The molecular weight excluding hydrogens is 265 g/mol. The van der Waals surface area contributed by atoms with Crippen LogP contribution >= 0.6 is 0 Å². The molecule has 0 aliphatic carbocycles. The Bertz CT molecular complexity index is 619. The molecule has 0 amide bonds. The topological polar surface area (TPSA) is 20.2 Å². The van der Waals surface area contributed by atoms with Crippen molar-refractivity contribution in [2.45, 2.75) is 12.3 Å². The van der Waals surface area contributed by atoms with Crippen molar-refractivity contribution in [3.8, 4) is 11.8 Å². The maximum Gasteiger partial charge on any atom is 0.416 e. The zero-order valence-electron chi connectivity index (χ0n) is 10.4. The molecule has 0 spiro atoms. The fraction of sp³-hybridized carbons (Fsp3) is 0.125. The largest absolute Gasteiger partial charge is 0.416 e. The summed E-state index contributed by atoms with van der Waals surface area (Å²) in [5, 5.41) is 9.81. The van der Waals surface area contributed by atoms with E-state index >= 15 is 0 Å². The van der Waals surface area contributed by atoms with E-state index < -0.39 is 17.8 Å². The lowest BCUT2D eigenvalue weighted by atomic mass is 10.1. The van der Waals surface area contributed by atoms with Crippen LogP contribution in [-0.2, 0) is 6.18 Å². The smallest absolute Gasteiger partial charge is 0.376 e. The van der Waals surface area contributed by atoms with Crippen molar-refractivity contribution in [2.24, 2.45) is 0 Å². The zero-order valence-corrected chi connectivity index (χ0v) is 10.4. The number of rotatable bonds is 1. The van der Waals surface area contributed by atoms with Gasteiger partial charge in [-0.25, -0.2) is 0 Å². The van der Waals surface area contributed by atoms with Crippen LogP contribution in [0.1, 0.15) is 22.8 Å². The standard InChI is InChI=1S/C16H11F3O/c17-16(18,19)14-9-6-12(7-10-14)8-11-15(20)13-4-2-1-3-5-13/h1-7,9-10,15,20H. The van der Waals surface area contributed by atoms with Gasteiger partial charge in [-0.15, -0.1) is 0 Å².